The van der Waals surface area contributed by atoms with Crippen LogP contribution in [0.5, 0.6) is 11.5 Å². The molecular weight excluding hydrogens is 324 g/mol. The van der Waals surface area contributed by atoms with Crippen molar-refractivity contribution in [2.75, 3.05) is 24.7 Å². The molecule has 0 amide bonds. The van der Waals surface area contributed by atoms with Crippen LogP contribution in [0.3, 0.4) is 0 Å². The lowest BCUT2D eigenvalue weighted by atomic mass is 10.1. The van der Waals surface area contributed by atoms with E-state index in [0.717, 1.165) is 44.4 Å². The Morgan fingerprint density at radius 2 is 0.885 bits per heavy atom. The maximum absolute atomic E-state index is 5.80. The Morgan fingerprint density at radius 1 is 0.500 bits per heavy atom. The summed E-state index contributed by atoms with van der Waals surface area (Å²) >= 11 is 0. The van der Waals surface area contributed by atoms with Crippen molar-refractivity contribution in [3.8, 4) is 11.5 Å². The predicted octanol–water partition coefficient (Wildman–Crippen LogP) is 4.62. The van der Waals surface area contributed by atoms with Gasteiger partial charge >= 0.3 is 0 Å². The van der Waals surface area contributed by atoms with Gasteiger partial charge in [0.15, 0.2) is 0 Å². The SMILES string of the molecule is Nc1ccc2cc(OCCOc3ccc4cc(N)ccc4c3)ccc2c1. The Hall–Kier alpha value is -3.40. The van der Waals surface area contributed by atoms with E-state index in [1.54, 1.807) is 0 Å². The third kappa shape index (κ3) is 3.49. The first-order valence-corrected chi connectivity index (χ1v) is 8.52. The lowest BCUT2D eigenvalue weighted by Gasteiger charge is -2.10. The van der Waals surface area contributed by atoms with Crippen LogP contribution in [0.4, 0.5) is 11.4 Å². The standard InChI is InChI=1S/C22H20N2O2/c23-19-5-1-17-13-21(7-3-15(17)11-19)25-9-10-26-22-8-4-16-12-20(24)6-2-18(16)14-22/h1-8,11-14H,9-10,23-24H2. The fourth-order valence-electron chi connectivity index (χ4n) is 2.98. The molecule has 0 spiro atoms. The number of ether oxygens (including phenoxy) is 2. The zero-order chi connectivity index (χ0) is 17.9. The van der Waals surface area contributed by atoms with E-state index < -0.39 is 0 Å². The first-order valence-electron chi connectivity index (χ1n) is 8.52. The number of hydrogen-bond acceptors (Lipinski definition) is 4. The molecule has 26 heavy (non-hydrogen) atoms. The predicted molar refractivity (Wildman–Crippen MR) is 108 cm³/mol. The van der Waals surface area contributed by atoms with E-state index in [1.165, 1.54) is 0 Å². The zero-order valence-corrected chi connectivity index (χ0v) is 14.3. The van der Waals surface area contributed by atoms with Crippen molar-refractivity contribution in [2.45, 2.75) is 0 Å². The van der Waals surface area contributed by atoms with Crippen molar-refractivity contribution in [2.24, 2.45) is 0 Å². The van der Waals surface area contributed by atoms with Crippen LogP contribution in [-0.2, 0) is 0 Å². The van der Waals surface area contributed by atoms with Gasteiger partial charge in [-0.1, -0.05) is 24.3 Å². The van der Waals surface area contributed by atoms with Gasteiger partial charge in [0.25, 0.3) is 0 Å². The van der Waals surface area contributed by atoms with Gasteiger partial charge in [-0.05, 0) is 70.1 Å². The average molecular weight is 344 g/mol. The van der Waals surface area contributed by atoms with Gasteiger partial charge in [0, 0.05) is 11.4 Å². The summed E-state index contributed by atoms with van der Waals surface area (Å²) in [5.74, 6) is 1.64. The van der Waals surface area contributed by atoms with Crippen molar-refractivity contribution < 1.29 is 9.47 Å². The summed E-state index contributed by atoms with van der Waals surface area (Å²) in [6.45, 7) is 0.945. The quantitative estimate of drug-likeness (QED) is 0.409. The molecular formula is C22H20N2O2. The topological polar surface area (TPSA) is 70.5 Å². The molecule has 0 fully saturated rings. The zero-order valence-electron chi connectivity index (χ0n) is 14.3. The van der Waals surface area contributed by atoms with Crippen molar-refractivity contribution in [1.82, 2.24) is 0 Å². The lowest BCUT2D eigenvalue weighted by molar-refractivity contribution is 0.217. The first-order chi connectivity index (χ1) is 12.7. The molecule has 0 aliphatic rings. The van der Waals surface area contributed by atoms with E-state index in [9.17, 15) is 0 Å². The summed E-state index contributed by atoms with van der Waals surface area (Å²) in [7, 11) is 0. The van der Waals surface area contributed by atoms with Gasteiger partial charge in [0.2, 0.25) is 0 Å². The summed E-state index contributed by atoms with van der Waals surface area (Å²) in [5, 5.41) is 4.41. The van der Waals surface area contributed by atoms with E-state index >= 15 is 0 Å². The second kappa shape index (κ2) is 6.84. The molecule has 0 heterocycles. The highest BCUT2D eigenvalue weighted by molar-refractivity contribution is 5.87. The summed E-state index contributed by atoms with van der Waals surface area (Å²) in [4.78, 5) is 0. The number of anilines is 2. The van der Waals surface area contributed by atoms with Gasteiger partial charge in [0.1, 0.15) is 24.7 Å². The van der Waals surface area contributed by atoms with E-state index in [4.69, 9.17) is 20.9 Å². The number of hydrogen-bond donors (Lipinski definition) is 2. The number of benzene rings is 4. The number of fused-ring (bicyclic) bond motifs is 2. The molecule has 0 unspecified atom stereocenters. The Morgan fingerprint density at radius 3 is 1.35 bits per heavy atom. The van der Waals surface area contributed by atoms with E-state index in [1.807, 2.05) is 72.8 Å². The van der Waals surface area contributed by atoms with Crippen LogP contribution in [0, 0.1) is 0 Å². The maximum atomic E-state index is 5.80. The van der Waals surface area contributed by atoms with Crippen LogP contribution in [0.1, 0.15) is 0 Å². The van der Waals surface area contributed by atoms with Gasteiger partial charge in [-0.3, -0.25) is 0 Å². The normalized spacial score (nSPS) is 10.9. The fourth-order valence-corrected chi connectivity index (χ4v) is 2.98. The van der Waals surface area contributed by atoms with Crippen LogP contribution >= 0.6 is 0 Å². The monoisotopic (exact) mass is 344 g/mol. The molecule has 4 rings (SSSR count). The Labute approximate surface area is 151 Å². The molecule has 0 bridgehead atoms. The molecule has 0 atom stereocenters. The van der Waals surface area contributed by atoms with Crippen LogP contribution in [0.25, 0.3) is 21.5 Å². The Kier molecular flexibility index (Phi) is 4.23. The Balaban J connectivity index is 1.36. The van der Waals surface area contributed by atoms with Gasteiger partial charge in [-0.15, -0.1) is 0 Å². The van der Waals surface area contributed by atoms with Crippen LogP contribution in [0.15, 0.2) is 72.8 Å². The molecule has 4 nitrogen and oxygen atoms in total. The summed E-state index contributed by atoms with van der Waals surface area (Å²) in [6.07, 6.45) is 0. The van der Waals surface area contributed by atoms with Crippen molar-refractivity contribution in [3.05, 3.63) is 72.8 Å². The average Bonchev–Trinajstić information content (AvgIpc) is 2.65. The van der Waals surface area contributed by atoms with Gasteiger partial charge in [0.05, 0.1) is 0 Å². The van der Waals surface area contributed by atoms with Crippen molar-refractivity contribution in [3.63, 3.8) is 0 Å². The fraction of sp³-hybridized carbons (Fsp3) is 0.0909. The molecule has 4 aromatic rings. The number of nitrogens with two attached hydrogens (primary N) is 2. The van der Waals surface area contributed by atoms with E-state index in [-0.39, 0.29) is 0 Å². The highest BCUT2D eigenvalue weighted by Crippen LogP contribution is 2.24. The summed E-state index contributed by atoms with van der Waals surface area (Å²) in [6, 6.07) is 23.6. The molecule has 130 valence electrons. The minimum Gasteiger partial charge on any atom is -0.490 e. The minimum atomic E-state index is 0.472. The van der Waals surface area contributed by atoms with E-state index in [2.05, 4.69) is 0 Å². The molecule has 0 aromatic heterocycles. The van der Waals surface area contributed by atoms with Crippen molar-refractivity contribution >= 4 is 32.9 Å². The van der Waals surface area contributed by atoms with Crippen LogP contribution < -0.4 is 20.9 Å². The van der Waals surface area contributed by atoms with Gasteiger partial charge in [-0.2, -0.15) is 0 Å². The maximum Gasteiger partial charge on any atom is 0.122 e. The second-order valence-corrected chi connectivity index (χ2v) is 6.23. The van der Waals surface area contributed by atoms with Gasteiger partial charge < -0.3 is 20.9 Å². The molecule has 0 saturated heterocycles. The molecule has 4 aromatic carbocycles. The minimum absolute atomic E-state index is 0.472. The van der Waals surface area contributed by atoms with Crippen molar-refractivity contribution in [1.29, 1.82) is 0 Å². The second-order valence-electron chi connectivity index (χ2n) is 6.23. The lowest BCUT2D eigenvalue weighted by Crippen LogP contribution is -2.08. The van der Waals surface area contributed by atoms with Gasteiger partial charge in [-0.25, -0.2) is 0 Å². The smallest absolute Gasteiger partial charge is 0.122 e. The van der Waals surface area contributed by atoms with Crippen LogP contribution in [0.2, 0.25) is 0 Å². The summed E-state index contributed by atoms with van der Waals surface area (Å²) in [5.41, 5.74) is 13.1. The highest BCUT2D eigenvalue weighted by atomic mass is 16.5. The van der Waals surface area contributed by atoms with E-state index in [0.29, 0.717) is 13.2 Å². The number of nitrogen functional groups attached to an aromatic ring is 2. The van der Waals surface area contributed by atoms with Crippen LogP contribution in [-0.4, -0.2) is 13.2 Å². The highest BCUT2D eigenvalue weighted by Gasteiger charge is 2.01. The molecule has 0 aliphatic heterocycles. The largest absolute Gasteiger partial charge is 0.490 e. The number of rotatable bonds is 5. The summed E-state index contributed by atoms with van der Waals surface area (Å²) < 4.78 is 11.6. The third-order valence-corrected chi connectivity index (χ3v) is 4.29. The molecule has 0 saturated carbocycles. The molecule has 4 N–H and O–H groups in total. The molecule has 0 aliphatic carbocycles. The molecule has 0 radical (unpaired) electrons. The Bertz CT molecular complexity index is 989. The first kappa shape index (κ1) is 16.1. The molecule has 4 heteroatoms. The third-order valence-electron chi connectivity index (χ3n) is 4.29.